The molecule has 0 aliphatic heterocycles. The van der Waals surface area contributed by atoms with Crippen molar-refractivity contribution in [3.8, 4) is 0 Å². The topological polar surface area (TPSA) is 47.6 Å². The Morgan fingerprint density at radius 3 is 2.57 bits per heavy atom. The zero-order valence-corrected chi connectivity index (χ0v) is 9.08. The number of hydrogen-bond donors (Lipinski definition) is 1. The van der Waals surface area contributed by atoms with Gasteiger partial charge >= 0.3 is 5.97 Å². The van der Waals surface area contributed by atoms with Crippen LogP contribution >= 0.6 is 0 Å². The van der Waals surface area contributed by atoms with Gasteiger partial charge in [-0.1, -0.05) is 6.92 Å². The Morgan fingerprint density at radius 2 is 2.14 bits per heavy atom. The van der Waals surface area contributed by atoms with Crippen LogP contribution in [0.2, 0.25) is 0 Å². The fourth-order valence-corrected chi connectivity index (χ4v) is 1.45. The summed E-state index contributed by atoms with van der Waals surface area (Å²) in [4.78, 5) is 11.5. The first-order chi connectivity index (χ1) is 6.69. The Kier molecular flexibility index (Phi) is 4.35. The van der Waals surface area contributed by atoms with Gasteiger partial charge in [0.2, 0.25) is 0 Å². The average molecular weight is 201 g/mol. The highest BCUT2D eigenvalue weighted by Crippen LogP contribution is 2.21. The van der Waals surface area contributed by atoms with Gasteiger partial charge < -0.3 is 14.8 Å². The highest BCUT2D eigenvalue weighted by molar-refractivity contribution is 5.76. The molecule has 0 amide bonds. The Bertz CT molecular complexity index is 192. The monoisotopic (exact) mass is 201 g/mol. The molecule has 0 spiro atoms. The highest BCUT2D eigenvalue weighted by atomic mass is 16.5. The number of hydrogen-bond acceptors (Lipinski definition) is 4. The summed E-state index contributed by atoms with van der Waals surface area (Å²) in [6.45, 7) is 2.56. The van der Waals surface area contributed by atoms with E-state index in [1.54, 1.807) is 7.11 Å². The molecule has 0 aromatic heterocycles. The van der Waals surface area contributed by atoms with Crippen LogP contribution in [0.15, 0.2) is 0 Å². The molecule has 2 atom stereocenters. The third kappa shape index (κ3) is 3.27. The molecule has 2 unspecified atom stereocenters. The Labute approximate surface area is 85.0 Å². The first-order valence-electron chi connectivity index (χ1n) is 5.01. The number of carbonyl (C=O) groups excluding carboxylic acids is 1. The second-order valence-corrected chi connectivity index (χ2v) is 3.87. The number of esters is 1. The molecular formula is C10H19NO3. The second kappa shape index (κ2) is 5.32. The Morgan fingerprint density at radius 1 is 1.50 bits per heavy atom. The van der Waals surface area contributed by atoms with Gasteiger partial charge in [-0.05, 0) is 12.8 Å². The van der Waals surface area contributed by atoms with E-state index in [2.05, 4.69) is 5.32 Å². The minimum Gasteiger partial charge on any atom is -0.468 e. The molecule has 0 bridgehead atoms. The van der Waals surface area contributed by atoms with Crippen molar-refractivity contribution in [1.82, 2.24) is 5.32 Å². The summed E-state index contributed by atoms with van der Waals surface area (Å²) in [5, 5.41) is 3.27. The molecule has 0 heterocycles. The van der Waals surface area contributed by atoms with E-state index in [1.165, 1.54) is 7.11 Å². The smallest absolute Gasteiger partial charge is 0.323 e. The fourth-order valence-electron chi connectivity index (χ4n) is 1.45. The number of methoxy groups -OCH3 is 2. The van der Waals surface area contributed by atoms with Gasteiger partial charge in [-0.25, -0.2) is 0 Å². The Balaban J connectivity index is 2.45. The third-order valence-corrected chi connectivity index (χ3v) is 2.45. The summed E-state index contributed by atoms with van der Waals surface area (Å²) in [6, 6.07) is 0.269. The molecule has 0 radical (unpaired) electrons. The van der Waals surface area contributed by atoms with E-state index in [0.717, 1.165) is 12.8 Å². The molecule has 4 nitrogen and oxygen atoms in total. The van der Waals surface area contributed by atoms with Gasteiger partial charge in [0.25, 0.3) is 0 Å². The lowest BCUT2D eigenvalue weighted by atomic mass is 10.0. The molecular weight excluding hydrogens is 182 g/mol. The van der Waals surface area contributed by atoms with E-state index in [0.29, 0.717) is 12.6 Å². The summed E-state index contributed by atoms with van der Waals surface area (Å²) in [7, 11) is 3.06. The van der Waals surface area contributed by atoms with Crippen LogP contribution in [0.5, 0.6) is 0 Å². The maximum Gasteiger partial charge on any atom is 0.323 e. The molecule has 4 heteroatoms. The fraction of sp³-hybridized carbons (Fsp3) is 0.900. The van der Waals surface area contributed by atoms with Gasteiger partial charge in [-0.3, -0.25) is 4.79 Å². The Hall–Kier alpha value is -0.610. The van der Waals surface area contributed by atoms with Crippen LogP contribution in [-0.2, 0) is 14.3 Å². The minimum absolute atomic E-state index is 0.146. The first kappa shape index (κ1) is 11.5. The predicted octanol–water partition coefficient (Wildman–Crippen LogP) is 0.562. The van der Waals surface area contributed by atoms with Crippen molar-refractivity contribution < 1.29 is 14.3 Å². The SMILES string of the molecule is COCC(C)C(NC1CC1)C(=O)OC. The zero-order chi connectivity index (χ0) is 10.6. The van der Waals surface area contributed by atoms with Gasteiger partial charge in [0, 0.05) is 19.1 Å². The molecule has 82 valence electrons. The normalized spacial score (nSPS) is 20.2. The summed E-state index contributed by atoms with van der Waals surface area (Å²) in [5.74, 6) is -0.0468. The van der Waals surface area contributed by atoms with Crippen molar-refractivity contribution in [3.05, 3.63) is 0 Å². The number of ether oxygens (including phenoxy) is 2. The van der Waals surface area contributed by atoms with Crippen LogP contribution in [0.4, 0.5) is 0 Å². The number of nitrogens with one attached hydrogen (secondary N) is 1. The molecule has 1 saturated carbocycles. The third-order valence-electron chi connectivity index (χ3n) is 2.45. The lowest BCUT2D eigenvalue weighted by Crippen LogP contribution is -2.45. The second-order valence-electron chi connectivity index (χ2n) is 3.87. The summed E-state index contributed by atoms with van der Waals surface area (Å²) in [6.07, 6.45) is 2.32. The average Bonchev–Trinajstić information content (AvgIpc) is 2.97. The van der Waals surface area contributed by atoms with Crippen LogP contribution < -0.4 is 5.32 Å². The van der Waals surface area contributed by atoms with E-state index in [9.17, 15) is 4.79 Å². The van der Waals surface area contributed by atoms with Gasteiger partial charge in [0.05, 0.1) is 13.7 Å². The molecule has 1 fully saturated rings. The van der Waals surface area contributed by atoms with Crippen LogP contribution in [0.3, 0.4) is 0 Å². The van der Waals surface area contributed by atoms with E-state index in [4.69, 9.17) is 9.47 Å². The molecule has 14 heavy (non-hydrogen) atoms. The number of carbonyl (C=O) groups is 1. The van der Waals surface area contributed by atoms with Crippen LogP contribution in [0.1, 0.15) is 19.8 Å². The summed E-state index contributed by atoms with van der Waals surface area (Å²) in [5.41, 5.74) is 0. The van der Waals surface area contributed by atoms with Crippen molar-refractivity contribution in [3.63, 3.8) is 0 Å². The molecule has 1 aliphatic rings. The molecule has 1 aliphatic carbocycles. The minimum atomic E-state index is -0.229. The largest absolute Gasteiger partial charge is 0.468 e. The van der Waals surface area contributed by atoms with Crippen LogP contribution in [-0.4, -0.2) is 38.9 Å². The van der Waals surface area contributed by atoms with E-state index in [1.807, 2.05) is 6.92 Å². The van der Waals surface area contributed by atoms with Crippen molar-refractivity contribution in [2.75, 3.05) is 20.8 Å². The van der Waals surface area contributed by atoms with Crippen molar-refractivity contribution in [1.29, 1.82) is 0 Å². The van der Waals surface area contributed by atoms with E-state index >= 15 is 0 Å². The standard InChI is InChI=1S/C10H19NO3/c1-7(6-13-2)9(10(12)14-3)11-8-4-5-8/h7-9,11H,4-6H2,1-3H3. The highest BCUT2D eigenvalue weighted by Gasteiger charge is 2.32. The van der Waals surface area contributed by atoms with Crippen molar-refractivity contribution in [2.45, 2.75) is 31.8 Å². The van der Waals surface area contributed by atoms with Gasteiger partial charge in [0.1, 0.15) is 6.04 Å². The van der Waals surface area contributed by atoms with Crippen molar-refractivity contribution in [2.24, 2.45) is 5.92 Å². The first-order valence-corrected chi connectivity index (χ1v) is 5.01. The zero-order valence-electron chi connectivity index (χ0n) is 9.08. The summed E-state index contributed by atoms with van der Waals surface area (Å²) < 4.78 is 9.78. The van der Waals surface area contributed by atoms with Crippen LogP contribution in [0.25, 0.3) is 0 Å². The van der Waals surface area contributed by atoms with Gasteiger partial charge in [0.15, 0.2) is 0 Å². The van der Waals surface area contributed by atoms with E-state index < -0.39 is 0 Å². The molecule has 1 rings (SSSR count). The molecule has 0 saturated heterocycles. The van der Waals surface area contributed by atoms with Gasteiger partial charge in [-0.2, -0.15) is 0 Å². The molecule has 0 aromatic carbocycles. The van der Waals surface area contributed by atoms with E-state index in [-0.39, 0.29) is 17.9 Å². The summed E-state index contributed by atoms with van der Waals surface area (Å²) >= 11 is 0. The van der Waals surface area contributed by atoms with Crippen molar-refractivity contribution >= 4 is 5.97 Å². The van der Waals surface area contributed by atoms with Crippen LogP contribution in [0, 0.1) is 5.92 Å². The molecule has 1 N–H and O–H groups in total. The number of rotatable bonds is 6. The maximum atomic E-state index is 11.5. The molecule has 0 aromatic rings. The lowest BCUT2D eigenvalue weighted by molar-refractivity contribution is -0.145. The maximum absolute atomic E-state index is 11.5. The lowest BCUT2D eigenvalue weighted by Gasteiger charge is -2.22. The quantitative estimate of drug-likeness (QED) is 0.638. The van der Waals surface area contributed by atoms with Gasteiger partial charge in [-0.15, -0.1) is 0 Å². The predicted molar refractivity (Wildman–Crippen MR) is 53.0 cm³/mol.